The number of benzene rings is 1. The van der Waals surface area contributed by atoms with Crippen LogP contribution in [0.4, 0.5) is 0 Å². The predicted molar refractivity (Wildman–Crippen MR) is 82.8 cm³/mol. The van der Waals surface area contributed by atoms with Crippen molar-refractivity contribution in [2.75, 3.05) is 6.54 Å². The molecule has 0 aliphatic rings. The third-order valence-corrected chi connectivity index (χ3v) is 3.75. The van der Waals surface area contributed by atoms with Crippen molar-refractivity contribution in [2.45, 2.75) is 19.8 Å². The highest BCUT2D eigenvalue weighted by atomic mass is 15.0. The van der Waals surface area contributed by atoms with E-state index in [1.54, 1.807) is 0 Å². The summed E-state index contributed by atoms with van der Waals surface area (Å²) in [5, 5.41) is 0. The molecule has 102 valence electrons. The Morgan fingerprint density at radius 1 is 1.15 bits per heavy atom. The number of rotatable bonds is 3. The number of aromatic nitrogens is 2. The van der Waals surface area contributed by atoms with Crippen molar-refractivity contribution < 1.29 is 0 Å². The van der Waals surface area contributed by atoms with Gasteiger partial charge in [0.2, 0.25) is 0 Å². The summed E-state index contributed by atoms with van der Waals surface area (Å²) in [5.74, 6) is 0.266. The molecule has 0 radical (unpaired) electrons. The monoisotopic (exact) mass is 265 g/mol. The molecule has 2 aromatic heterocycles. The fraction of sp³-hybridized carbons (Fsp3) is 0.235. The Labute approximate surface area is 119 Å². The second kappa shape index (κ2) is 5.10. The normalized spacial score (nSPS) is 12.8. The molecule has 0 aliphatic carbocycles. The fourth-order valence-electron chi connectivity index (χ4n) is 2.61. The lowest BCUT2D eigenvalue weighted by molar-refractivity contribution is 0.738. The molecule has 3 heteroatoms. The molecule has 1 atom stereocenters. The molecule has 1 aromatic carbocycles. The minimum Gasteiger partial charge on any atom is -0.330 e. The number of nitrogens with zero attached hydrogens (tertiary/aromatic N) is 2. The van der Waals surface area contributed by atoms with E-state index < -0.39 is 0 Å². The highest BCUT2D eigenvalue weighted by molar-refractivity contribution is 5.68. The number of imidazole rings is 1. The highest BCUT2D eigenvalue weighted by Crippen LogP contribution is 2.30. The summed E-state index contributed by atoms with van der Waals surface area (Å²) in [5.41, 5.74) is 11.5. The maximum Gasteiger partial charge on any atom is 0.140 e. The first-order valence-corrected chi connectivity index (χ1v) is 6.95. The first-order valence-electron chi connectivity index (χ1n) is 6.95. The van der Waals surface area contributed by atoms with Crippen molar-refractivity contribution in [3.8, 4) is 11.3 Å². The van der Waals surface area contributed by atoms with Crippen molar-refractivity contribution in [1.82, 2.24) is 9.38 Å². The Morgan fingerprint density at radius 2 is 1.90 bits per heavy atom. The maximum atomic E-state index is 5.90. The summed E-state index contributed by atoms with van der Waals surface area (Å²) in [6.07, 6.45) is 2.07. The van der Waals surface area contributed by atoms with Gasteiger partial charge in [0.15, 0.2) is 0 Å². The number of aryl methyl sites for hydroxylation is 1. The lowest BCUT2D eigenvalue weighted by Gasteiger charge is -2.11. The van der Waals surface area contributed by atoms with Gasteiger partial charge in [0.1, 0.15) is 5.65 Å². The van der Waals surface area contributed by atoms with Crippen LogP contribution in [-0.4, -0.2) is 15.9 Å². The van der Waals surface area contributed by atoms with E-state index in [2.05, 4.69) is 48.7 Å². The van der Waals surface area contributed by atoms with Crippen LogP contribution in [0.15, 0.2) is 48.7 Å². The second-order valence-corrected chi connectivity index (χ2v) is 5.23. The second-order valence-electron chi connectivity index (χ2n) is 5.23. The fourth-order valence-corrected chi connectivity index (χ4v) is 2.61. The molecule has 3 aromatic rings. The van der Waals surface area contributed by atoms with Gasteiger partial charge in [-0.2, -0.15) is 0 Å². The number of nitrogens with two attached hydrogens (primary N) is 1. The van der Waals surface area contributed by atoms with Gasteiger partial charge >= 0.3 is 0 Å². The van der Waals surface area contributed by atoms with E-state index in [1.807, 2.05) is 18.2 Å². The molecular formula is C17H19N3. The van der Waals surface area contributed by atoms with Crippen LogP contribution in [0.5, 0.6) is 0 Å². The van der Waals surface area contributed by atoms with Gasteiger partial charge in [-0.3, -0.25) is 0 Å². The van der Waals surface area contributed by atoms with Gasteiger partial charge in [0.05, 0.1) is 11.4 Å². The smallest absolute Gasteiger partial charge is 0.140 e. The van der Waals surface area contributed by atoms with E-state index in [-0.39, 0.29) is 5.92 Å². The Hall–Kier alpha value is -2.13. The number of hydrogen-bond donors (Lipinski definition) is 1. The highest BCUT2D eigenvalue weighted by Gasteiger charge is 2.18. The summed E-state index contributed by atoms with van der Waals surface area (Å²) in [6.45, 7) is 4.85. The number of fused-ring (bicyclic) bond motifs is 1. The first-order chi connectivity index (χ1) is 9.72. The van der Waals surface area contributed by atoms with Crippen LogP contribution in [0.3, 0.4) is 0 Å². The van der Waals surface area contributed by atoms with E-state index in [4.69, 9.17) is 10.7 Å². The topological polar surface area (TPSA) is 43.3 Å². The van der Waals surface area contributed by atoms with Gasteiger partial charge in [0.25, 0.3) is 0 Å². The summed E-state index contributed by atoms with van der Waals surface area (Å²) >= 11 is 0. The molecule has 0 saturated heterocycles. The molecule has 1 unspecified atom stereocenters. The van der Waals surface area contributed by atoms with Crippen LogP contribution >= 0.6 is 0 Å². The minimum atomic E-state index is 0.266. The Bertz CT molecular complexity index is 729. The Balaban J connectivity index is 2.33. The van der Waals surface area contributed by atoms with Crippen molar-refractivity contribution >= 4 is 5.65 Å². The van der Waals surface area contributed by atoms with Gasteiger partial charge < -0.3 is 10.1 Å². The van der Waals surface area contributed by atoms with Crippen LogP contribution in [0, 0.1) is 6.92 Å². The summed E-state index contributed by atoms with van der Waals surface area (Å²) in [4.78, 5) is 4.86. The summed E-state index contributed by atoms with van der Waals surface area (Å²) < 4.78 is 2.18. The molecule has 3 rings (SSSR count). The maximum absolute atomic E-state index is 5.90. The van der Waals surface area contributed by atoms with Crippen LogP contribution in [0.2, 0.25) is 0 Å². The van der Waals surface area contributed by atoms with Crippen molar-refractivity contribution in [3.63, 3.8) is 0 Å². The van der Waals surface area contributed by atoms with Crippen LogP contribution in [0.25, 0.3) is 16.9 Å². The van der Waals surface area contributed by atoms with Gasteiger partial charge in [-0.05, 0) is 18.6 Å². The van der Waals surface area contributed by atoms with E-state index in [0.29, 0.717) is 6.54 Å². The van der Waals surface area contributed by atoms with Crippen LogP contribution in [0.1, 0.15) is 24.1 Å². The SMILES string of the molecule is Cc1cccn2c(C(C)CN)c(-c3ccccc3)nc12. The molecule has 3 nitrogen and oxygen atoms in total. The zero-order valence-corrected chi connectivity index (χ0v) is 11.9. The zero-order chi connectivity index (χ0) is 14.1. The molecule has 0 bridgehead atoms. The first kappa shape index (κ1) is 12.9. The standard InChI is InChI=1S/C17H19N3/c1-12-7-6-10-20-16(13(2)11-18)15(19-17(12)20)14-8-4-3-5-9-14/h3-10,13H,11,18H2,1-2H3. The summed E-state index contributed by atoms with van der Waals surface area (Å²) in [6, 6.07) is 14.5. The third kappa shape index (κ3) is 2.00. The average molecular weight is 265 g/mol. The predicted octanol–water partition coefficient (Wildman–Crippen LogP) is 3.37. The Morgan fingerprint density at radius 3 is 2.60 bits per heavy atom. The van der Waals surface area contributed by atoms with E-state index >= 15 is 0 Å². The van der Waals surface area contributed by atoms with Crippen molar-refractivity contribution in [2.24, 2.45) is 5.73 Å². The Kier molecular flexibility index (Phi) is 3.28. The minimum absolute atomic E-state index is 0.266. The molecule has 0 aliphatic heterocycles. The molecular weight excluding hydrogens is 246 g/mol. The zero-order valence-electron chi connectivity index (χ0n) is 11.9. The molecule has 0 saturated carbocycles. The third-order valence-electron chi connectivity index (χ3n) is 3.75. The van der Waals surface area contributed by atoms with E-state index in [9.17, 15) is 0 Å². The largest absolute Gasteiger partial charge is 0.330 e. The quantitative estimate of drug-likeness (QED) is 0.789. The van der Waals surface area contributed by atoms with Crippen LogP contribution < -0.4 is 5.73 Å². The van der Waals surface area contributed by atoms with Crippen molar-refractivity contribution in [3.05, 3.63) is 59.9 Å². The average Bonchev–Trinajstić information content (AvgIpc) is 2.88. The molecule has 20 heavy (non-hydrogen) atoms. The number of hydrogen-bond acceptors (Lipinski definition) is 2. The van der Waals surface area contributed by atoms with Crippen LogP contribution in [-0.2, 0) is 0 Å². The molecule has 2 N–H and O–H groups in total. The molecule has 0 fully saturated rings. The molecule has 0 spiro atoms. The van der Waals surface area contributed by atoms with Gasteiger partial charge in [-0.15, -0.1) is 0 Å². The van der Waals surface area contributed by atoms with E-state index in [0.717, 1.165) is 16.9 Å². The van der Waals surface area contributed by atoms with Gasteiger partial charge in [-0.25, -0.2) is 4.98 Å². The van der Waals surface area contributed by atoms with E-state index in [1.165, 1.54) is 11.3 Å². The van der Waals surface area contributed by atoms with Gasteiger partial charge in [0, 0.05) is 24.2 Å². The summed E-state index contributed by atoms with van der Waals surface area (Å²) in [7, 11) is 0. The lowest BCUT2D eigenvalue weighted by atomic mass is 10.0. The molecule has 0 amide bonds. The lowest BCUT2D eigenvalue weighted by Crippen LogP contribution is -2.12. The van der Waals surface area contributed by atoms with Crippen molar-refractivity contribution in [1.29, 1.82) is 0 Å². The van der Waals surface area contributed by atoms with Gasteiger partial charge in [-0.1, -0.05) is 43.3 Å². The number of pyridine rings is 1. The molecule has 2 heterocycles.